The van der Waals surface area contributed by atoms with Gasteiger partial charge >= 0.3 is 0 Å². The van der Waals surface area contributed by atoms with Gasteiger partial charge in [0.1, 0.15) is 0 Å². The van der Waals surface area contributed by atoms with Gasteiger partial charge < -0.3 is 11.1 Å². The van der Waals surface area contributed by atoms with E-state index in [1.54, 1.807) is 30.3 Å². The van der Waals surface area contributed by atoms with E-state index in [4.69, 9.17) is 28.9 Å². The van der Waals surface area contributed by atoms with Crippen molar-refractivity contribution in [1.82, 2.24) is 15.0 Å². The van der Waals surface area contributed by atoms with Crippen molar-refractivity contribution in [3.63, 3.8) is 0 Å². The first-order chi connectivity index (χ1) is 11.5. The van der Waals surface area contributed by atoms with Crippen LogP contribution in [-0.2, 0) is 6.54 Å². The number of hydrogen-bond donors (Lipinski definition) is 2. The zero-order valence-electron chi connectivity index (χ0n) is 12.4. The molecule has 0 saturated heterocycles. The minimum atomic E-state index is -0.444. The van der Waals surface area contributed by atoms with Gasteiger partial charge in [0, 0.05) is 15.7 Å². The largest absolute Gasteiger partial charge is 0.382 e. The van der Waals surface area contributed by atoms with Gasteiger partial charge in [-0.1, -0.05) is 46.6 Å². The third kappa shape index (κ3) is 3.50. The van der Waals surface area contributed by atoms with Gasteiger partial charge in [-0.25, -0.2) is 4.68 Å². The Morgan fingerprint density at radius 2 is 1.83 bits per heavy atom. The molecule has 0 aliphatic rings. The Morgan fingerprint density at radius 1 is 1.12 bits per heavy atom. The third-order valence-corrected chi connectivity index (χ3v) is 3.99. The number of aromatic nitrogens is 3. The van der Waals surface area contributed by atoms with Crippen LogP contribution in [0.4, 0.5) is 11.5 Å². The van der Waals surface area contributed by atoms with E-state index in [0.29, 0.717) is 22.3 Å². The Morgan fingerprint density at radius 3 is 2.54 bits per heavy atom. The molecule has 0 radical (unpaired) electrons. The summed E-state index contributed by atoms with van der Waals surface area (Å²) in [5, 5.41) is 11.7. The number of nitrogens with zero attached hydrogens (tertiary/aromatic N) is 3. The average molecular weight is 362 g/mol. The van der Waals surface area contributed by atoms with E-state index in [9.17, 15) is 4.79 Å². The lowest BCUT2D eigenvalue weighted by Gasteiger charge is -2.06. The summed E-state index contributed by atoms with van der Waals surface area (Å²) in [6.07, 6.45) is 0. The summed E-state index contributed by atoms with van der Waals surface area (Å²) in [5.74, 6) is -0.276. The molecule has 0 bridgehead atoms. The molecular weight excluding hydrogens is 349 g/mol. The monoisotopic (exact) mass is 361 g/mol. The molecule has 0 atom stereocenters. The molecule has 1 heterocycles. The Kier molecular flexibility index (Phi) is 4.69. The molecule has 0 unspecified atom stereocenters. The highest BCUT2D eigenvalue weighted by Crippen LogP contribution is 2.19. The standard InChI is InChI=1S/C16H13Cl2N5O/c17-11-5-7-12(8-6-11)20-16(24)14-15(19)23(22-21-14)9-10-3-1-2-4-13(10)18/h1-8H,9,19H2,(H,20,24). The second-order valence-corrected chi connectivity index (χ2v) is 5.88. The van der Waals surface area contributed by atoms with Crippen LogP contribution in [0.5, 0.6) is 0 Å². The summed E-state index contributed by atoms with van der Waals surface area (Å²) in [6.45, 7) is 0.326. The number of rotatable bonds is 4. The first-order valence-electron chi connectivity index (χ1n) is 7.04. The van der Waals surface area contributed by atoms with Crippen LogP contribution in [0.1, 0.15) is 16.1 Å². The third-order valence-electron chi connectivity index (χ3n) is 3.37. The number of halogens is 2. The molecule has 122 valence electrons. The van der Waals surface area contributed by atoms with Gasteiger partial charge in [-0.2, -0.15) is 0 Å². The van der Waals surface area contributed by atoms with Crippen LogP contribution in [-0.4, -0.2) is 20.9 Å². The highest BCUT2D eigenvalue weighted by atomic mass is 35.5. The van der Waals surface area contributed by atoms with Crippen LogP contribution in [0.2, 0.25) is 10.0 Å². The van der Waals surface area contributed by atoms with Crippen molar-refractivity contribution in [1.29, 1.82) is 0 Å². The van der Waals surface area contributed by atoms with Crippen LogP contribution in [0, 0.1) is 0 Å². The zero-order valence-corrected chi connectivity index (χ0v) is 13.9. The first kappa shape index (κ1) is 16.3. The number of nitrogens with one attached hydrogen (secondary N) is 1. The quantitative estimate of drug-likeness (QED) is 0.744. The molecule has 0 aliphatic heterocycles. The van der Waals surface area contributed by atoms with Crippen LogP contribution in [0.25, 0.3) is 0 Å². The Bertz CT molecular complexity index is 876. The number of carbonyl (C=O) groups excluding carboxylic acids is 1. The van der Waals surface area contributed by atoms with E-state index in [0.717, 1.165) is 5.56 Å². The second-order valence-electron chi connectivity index (χ2n) is 5.03. The van der Waals surface area contributed by atoms with Crippen molar-refractivity contribution in [3.05, 3.63) is 69.8 Å². The predicted molar refractivity (Wildman–Crippen MR) is 94.4 cm³/mol. The molecule has 6 nitrogen and oxygen atoms in total. The summed E-state index contributed by atoms with van der Waals surface area (Å²) in [4.78, 5) is 12.3. The molecule has 0 fully saturated rings. The van der Waals surface area contributed by atoms with Gasteiger partial charge in [0.25, 0.3) is 5.91 Å². The lowest BCUT2D eigenvalue weighted by molar-refractivity contribution is 0.102. The molecule has 3 N–H and O–H groups in total. The lowest BCUT2D eigenvalue weighted by atomic mass is 10.2. The topological polar surface area (TPSA) is 85.8 Å². The van der Waals surface area contributed by atoms with E-state index in [-0.39, 0.29) is 11.5 Å². The summed E-state index contributed by atoms with van der Waals surface area (Å²) >= 11 is 11.9. The average Bonchev–Trinajstić information content (AvgIpc) is 2.93. The van der Waals surface area contributed by atoms with Crippen molar-refractivity contribution >= 4 is 40.6 Å². The fourth-order valence-corrected chi connectivity index (χ4v) is 2.43. The number of amides is 1. The van der Waals surface area contributed by atoms with Crippen molar-refractivity contribution in [3.8, 4) is 0 Å². The van der Waals surface area contributed by atoms with Crippen LogP contribution in [0.3, 0.4) is 0 Å². The molecule has 1 aromatic heterocycles. The molecule has 3 rings (SSSR count). The van der Waals surface area contributed by atoms with Gasteiger partial charge in [-0.05, 0) is 35.9 Å². The number of hydrogen-bond acceptors (Lipinski definition) is 4. The van der Waals surface area contributed by atoms with Crippen molar-refractivity contribution in [2.45, 2.75) is 6.54 Å². The highest BCUT2D eigenvalue weighted by Gasteiger charge is 2.18. The number of nitrogens with two attached hydrogens (primary N) is 1. The number of carbonyl (C=O) groups is 1. The molecule has 1 amide bonds. The molecule has 0 aliphatic carbocycles. The predicted octanol–water partition coefficient (Wildman–Crippen LogP) is 3.47. The zero-order chi connectivity index (χ0) is 17.1. The molecule has 0 spiro atoms. The van der Waals surface area contributed by atoms with E-state index in [1.165, 1.54) is 4.68 Å². The number of benzene rings is 2. The van der Waals surface area contributed by atoms with Crippen LogP contribution < -0.4 is 11.1 Å². The van der Waals surface area contributed by atoms with E-state index in [2.05, 4.69) is 15.6 Å². The second kappa shape index (κ2) is 6.90. The maximum Gasteiger partial charge on any atom is 0.280 e. The fourth-order valence-electron chi connectivity index (χ4n) is 2.11. The SMILES string of the molecule is Nc1c(C(=O)Nc2ccc(Cl)cc2)nnn1Cc1ccccc1Cl. The molecule has 0 saturated carbocycles. The van der Waals surface area contributed by atoms with E-state index >= 15 is 0 Å². The van der Waals surface area contributed by atoms with Gasteiger partial charge in [-0.3, -0.25) is 4.79 Å². The van der Waals surface area contributed by atoms with E-state index in [1.807, 2.05) is 18.2 Å². The maximum absolute atomic E-state index is 12.3. The summed E-state index contributed by atoms with van der Waals surface area (Å²) in [7, 11) is 0. The lowest BCUT2D eigenvalue weighted by Crippen LogP contribution is -2.15. The summed E-state index contributed by atoms with van der Waals surface area (Å²) < 4.78 is 1.43. The Balaban J connectivity index is 1.78. The van der Waals surface area contributed by atoms with Gasteiger partial charge in [0.2, 0.25) is 0 Å². The van der Waals surface area contributed by atoms with Crippen molar-refractivity contribution < 1.29 is 4.79 Å². The fraction of sp³-hybridized carbons (Fsp3) is 0.0625. The molecular formula is C16H13Cl2N5O. The first-order valence-corrected chi connectivity index (χ1v) is 7.79. The number of anilines is 2. The van der Waals surface area contributed by atoms with Gasteiger partial charge in [0.05, 0.1) is 6.54 Å². The van der Waals surface area contributed by atoms with Gasteiger partial charge in [0.15, 0.2) is 11.5 Å². The minimum absolute atomic E-state index is 0.0528. The van der Waals surface area contributed by atoms with E-state index < -0.39 is 5.91 Å². The molecule has 3 aromatic rings. The Labute approximate surface area is 148 Å². The Hall–Kier alpha value is -2.57. The maximum atomic E-state index is 12.3. The van der Waals surface area contributed by atoms with Crippen LogP contribution in [0.15, 0.2) is 48.5 Å². The molecule has 24 heavy (non-hydrogen) atoms. The molecule has 2 aromatic carbocycles. The highest BCUT2D eigenvalue weighted by molar-refractivity contribution is 6.31. The minimum Gasteiger partial charge on any atom is -0.382 e. The van der Waals surface area contributed by atoms with Crippen LogP contribution >= 0.6 is 23.2 Å². The van der Waals surface area contributed by atoms with Gasteiger partial charge in [-0.15, -0.1) is 5.10 Å². The normalized spacial score (nSPS) is 10.6. The van der Waals surface area contributed by atoms with Crippen molar-refractivity contribution in [2.75, 3.05) is 11.1 Å². The molecule has 8 heteroatoms. The smallest absolute Gasteiger partial charge is 0.280 e. The summed E-state index contributed by atoms with van der Waals surface area (Å²) in [5.41, 5.74) is 7.47. The van der Waals surface area contributed by atoms with Crippen molar-refractivity contribution in [2.24, 2.45) is 0 Å². The summed E-state index contributed by atoms with van der Waals surface area (Å²) in [6, 6.07) is 14.1. The number of nitrogen functional groups attached to an aromatic ring is 1.